The van der Waals surface area contributed by atoms with Gasteiger partial charge in [-0.1, -0.05) is 19.3 Å². The molecule has 23 heavy (non-hydrogen) atoms. The van der Waals surface area contributed by atoms with E-state index in [0.717, 1.165) is 37.7 Å². The third kappa shape index (κ3) is 3.57. The molecule has 1 aromatic rings. The van der Waals surface area contributed by atoms with Crippen molar-refractivity contribution < 1.29 is 13.2 Å². The molecule has 0 N–H and O–H groups in total. The molecule has 2 aliphatic heterocycles. The van der Waals surface area contributed by atoms with Crippen molar-refractivity contribution in [3.8, 4) is 0 Å². The molecule has 126 valence electrons. The Balaban J connectivity index is 1.89. The first-order chi connectivity index (χ1) is 11.1. The second-order valence-corrected chi connectivity index (χ2v) is 8.83. The van der Waals surface area contributed by atoms with Crippen molar-refractivity contribution in [1.29, 1.82) is 0 Å². The van der Waals surface area contributed by atoms with E-state index in [1.165, 1.54) is 0 Å². The van der Waals surface area contributed by atoms with E-state index in [2.05, 4.69) is 4.98 Å². The molecular formula is C17H24N2O3S. The van der Waals surface area contributed by atoms with Crippen LogP contribution in [0.25, 0.3) is 0 Å². The molecule has 1 amide bonds. The smallest absolute Gasteiger partial charge is 0.241 e. The van der Waals surface area contributed by atoms with Gasteiger partial charge < -0.3 is 4.90 Å². The van der Waals surface area contributed by atoms with Gasteiger partial charge in [0.2, 0.25) is 5.91 Å². The minimum atomic E-state index is -3.29. The average molecular weight is 336 g/mol. The van der Waals surface area contributed by atoms with Crippen molar-refractivity contribution in [2.45, 2.75) is 56.2 Å². The number of nitrogens with zero attached hydrogens (tertiary/aromatic N) is 2. The lowest BCUT2D eigenvalue weighted by Gasteiger charge is -2.34. The summed E-state index contributed by atoms with van der Waals surface area (Å²) in [6.07, 6.45) is 9.43. The summed E-state index contributed by atoms with van der Waals surface area (Å²) in [6.45, 7) is 0.651. The van der Waals surface area contributed by atoms with Crippen LogP contribution in [0.1, 0.15) is 56.6 Å². The molecule has 3 heterocycles. The molecule has 0 radical (unpaired) electrons. The van der Waals surface area contributed by atoms with Gasteiger partial charge in [-0.25, -0.2) is 8.42 Å². The van der Waals surface area contributed by atoms with Crippen LogP contribution >= 0.6 is 0 Å². The van der Waals surface area contributed by atoms with Crippen LogP contribution < -0.4 is 0 Å². The van der Waals surface area contributed by atoms with E-state index >= 15 is 0 Å². The second kappa shape index (κ2) is 6.99. The van der Waals surface area contributed by atoms with Gasteiger partial charge in [0.25, 0.3) is 0 Å². The first-order valence-corrected chi connectivity index (χ1v) is 10.2. The standard InChI is InChI=1S/C17H24N2O3S/c20-17(16-7-3-5-13-23(16,21)22)19-12-4-1-2-6-15(19)14-8-10-18-11-9-14/h8-11,15-16H,1-7,12-13H2/t15-,16+/m0/s1. The van der Waals surface area contributed by atoms with Crippen LogP contribution in [-0.2, 0) is 14.6 Å². The summed E-state index contributed by atoms with van der Waals surface area (Å²) in [7, 11) is -3.29. The monoisotopic (exact) mass is 336 g/mol. The zero-order chi connectivity index (χ0) is 16.3. The SMILES string of the molecule is O=C([C@H]1CCCCS1(=O)=O)N1CCCCC[C@H]1c1ccncc1. The number of likely N-dealkylation sites (tertiary alicyclic amines) is 1. The van der Waals surface area contributed by atoms with E-state index in [4.69, 9.17) is 0 Å². The van der Waals surface area contributed by atoms with Gasteiger partial charge in [-0.05, 0) is 43.4 Å². The Hall–Kier alpha value is -1.43. The Morgan fingerprint density at radius 3 is 2.52 bits per heavy atom. The van der Waals surface area contributed by atoms with Gasteiger partial charge >= 0.3 is 0 Å². The number of aromatic nitrogens is 1. The lowest BCUT2D eigenvalue weighted by atomic mass is 10.0. The summed E-state index contributed by atoms with van der Waals surface area (Å²) in [5, 5.41) is -0.835. The Morgan fingerprint density at radius 2 is 1.78 bits per heavy atom. The molecule has 5 nitrogen and oxygen atoms in total. The number of hydrogen-bond acceptors (Lipinski definition) is 4. The lowest BCUT2D eigenvalue weighted by molar-refractivity contribution is -0.133. The summed E-state index contributed by atoms with van der Waals surface area (Å²) < 4.78 is 24.7. The molecular weight excluding hydrogens is 312 g/mol. The molecule has 0 unspecified atom stereocenters. The molecule has 2 saturated heterocycles. The van der Waals surface area contributed by atoms with Gasteiger partial charge in [-0.2, -0.15) is 0 Å². The van der Waals surface area contributed by atoms with Crippen LogP contribution in [0.4, 0.5) is 0 Å². The maximum Gasteiger partial charge on any atom is 0.241 e. The fraction of sp³-hybridized carbons (Fsp3) is 0.647. The molecule has 1 aromatic heterocycles. The Kier molecular flexibility index (Phi) is 4.99. The molecule has 2 aliphatic rings. The summed E-state index contributed by atoms with van der Waals surface area (Å²) >= 11 is 0. The molecule has 0 saturated carbocycles. The third-order valence-corrected chi connectivity index (χ3v) is 7.14. The first kappa shape index (κ1) is 16.4. The fourth-order valence-electron chi connectivity index (χ4n) is 3.72. The largest absolute Gasteiger partial charge is 0.335 e. The van der Waals surface area contributed by atoms with Crippen molar-refractivity contribution >= 4 is 15.7 Å². The Bertz CT molecular complexity index is 645. The molecule has 0 aliphatic carbocycles. The van der Waals surface area contributed by atoms with E-state index in [0.29, 0.717) is 19.4 Å². The highest BCUT2D eigenvalue weighted by Crippen LogP contribution is 2.32. The molecule has 0 aromatic carbocycles. The van der Waals surface area contributed by atoms with E-state index in [1.807, 2.05) is 17.0 Å². The normalized spacial score (nSPS) is 28.1. The van der Waals surface area contributed by atoms with E-state index in [9.17, 15) is 13.2 Å². The van der Waals surface area contributed by atoms with E-state index < -0.39 is 15.1 Å². The van der Waals surface area contributed by atoms with Gasteiger partial charge in [-0.3, -0.25) is 9.78 Å². The highest BCUT2D eigenvalue weighted by Gasteiger charge is 2.39. The number of rotatable bonds is 2. The predicted octanol–water partition coefficient (Wildman–Crippen LogP) is 2.49. The summed E-state index contributed by atoms with van der Waals surface area (Å²) in [4.78, 5) is 18.9. The lowest BCUT2D eigenvalue weighted by Crippen LogP contribution is -2.46. The van der Waals surface area contributed by atoms with Crippen molar-refractivity contribution in [1.82, 2.24) is 9.88 Å². The number of carbonyl (C=O) groups is 1. The number of carbonyl (C=O) groups excluding carboxylic acids is 1. The predicted molar refractivity (Wildman–Crippen MR) is 88.6 cm³/mol. The minimum Gasteiger partial charge on any atom is -0.335 e. The van der Waals surface area contributed by atoms with Crippen molar-refractivity contribution in [2.24, 2.45) is 0 Å². The quantitative estimate of drug-likeness (QED) is 0.832. The van der Waals surface area contributed by atoms with Gasteiger partial charge in [0, 0.05) is 18.9 Å². The van der Waals surface area contributed by atoms with E-state index in [-0.39, 0.29) is 17.7 Å². The Labute approximate surface area is 138 Å². The van der Waals surface area contributed by atoms with Crippen LogP contribution in [0, 0.1) is 0 Å². The van der Waals surface area contributed by atoms with Gasteiger partial charge in [0.1, 0.15) is 5.25 Å². The van der Waals surface area contributed by atoms with Crippen LogP contribution in [0.15, 0.2) is 24.5 Å². The summed E-state index contributed by atoms with van der Waals surface area (Å²) in [6, 6.07) is 3.85. The van der Waals surface area contributed by atoms with Crippen LogP contribution in [0.3, 0.4) is 0 Å². The summed E-state index contributed by atoms with van der Waals surface area (Å²) in [5.74, 6) is -0.0367. The molecule has 3 rings (SSSR count). The zero-order valence-electron chi connectivity index (χ0n) is 13.4. The molecule has 6 heteroatoms. The zero-order valence-corrected chi connectivity index (χ0v) is 14.2. The number of sulfone groups is 1. The third-order valence-electron chi connectivity index (χ3n) is 4.98. The van der Waals surface area contributed by atoms with Crippen molar-refractivity contribution in [3.05, 3.63) is 30.1 Å². The van der Waals surface area contributed by atoms with Crippen molar-refractivity contribution in [3.63, 3.8) is 0 Å². The fourth-order valence-corrected chi connectivity index (χ4v) is 5.58. The van der Waals surface area contributed by atoms with Gasteiger partial charge in [0.15, 0.2) is 9.84 Å². The molecule has 0 spiro atoms. The first-order valence-electron chi connectivity index (χ1n) is 8.51. The van der Waals surface area contributed by atoms with Crippen LogP contribution in [-0.4, -0.2) is 41.8 Å². The average Bonchev–Trinajstić information content (AvgIpc) is 2.80. The van der Waals surface area contributed by atoms with Gasteiger partial charge in [-0.15, -0.1) is 0 Å². The molecule has 2 atom stereocenters. The topological polar surface area (TPSA) is 67.3 Å². The number of amides is 1. The number of hydrogen-bond donors (Lipinski definition) is 0. The number of pyridine rings is 1. The maximum absolute atomic E-state index is 13.0. The van der Waals surface area contributed by atoms with Crippen LogP contribution in [0.5, 0.6) is 0 Å². The highest BCUT2D eigenvalue weighted by atomic mass is 32.2. The molecule has 2 fully saturated rings. The van der Waals surface area contributed by atoms with Gasteiger partial charge in [0.05, 0.1) is 11.8 Å². The summed E-state index contributed by atoms with van der Waals surface area (Å²) in [5.41, 5.74) is 1.06. The minimum absolute atomic E-state index is 0.0230. The van der Waals surface area contributed by atoms with Crippen molar-refractivity contribution in [2.75, 3.05) is 12.3 Å². The van der Waals surface area contributed by atoms with Crippen LogP contribution in [0.2, 0.25) is 0 Å². The highest BCUT2D eigenvalue weighted by molar-refractivity contribution is 7.92. The van der Waals surface area contributed by atoms with E-state index in [1.54, 1.807) is 12.4 Å². The second-order valence-electron chi connectivity index (χ2n) is 6.53. The maximum atomic E-state index is 13.0. The molecule has 0 bridgehead atoms. The Morgan fingerprint density at radius 1 is 1.04 bits per heavy atom.